The molecular formula is C16H10ClN5OS. The van der Waals surface area contributed by atoms with Crippen LogP contribution in [-0.4, -0.2) is 25.7 Å². The van der Waals surface area contributed by atoms with E-state index in [1.807, 2.05) is 30.3 Å². The summed E-state index contributed by atoms with van der Waals surface area (Å²) in [6, 6.07) is 16.5. The standard InChI is InChI=1S/C16H10ClN5OS/c17-12-9-5-4-8-11(12)14(23)18-15-21-22-13(19-20-16(22)24-15)10-6-2-1-3-7-10/h1-9H,(H,18,21,23). The van der Waals surface area contributed by atoms with E-state index in [9.17, 15) is 4.79 Å². The number of hydrogen-bond donors (Lipinski definition) is 1. The number of rotatable bonds is 3. The molecule has 0 saturated heterocycles. The minimum Gasteiger partial charge on any atom is -0.296 e. The number of aromatic nitrogens is 4. The summed E-state index contributed by atoms with van der Waals surface area (Å²) in [5.41, 5.74) is 1.30. The van der Waals surface area contributed by atoms with Crippen LogP contribution in [-0.2, 0) is 0 Å². The second-order valence-corrected chi connectivity index (χ2v) is 6.29. The minimum atomic E-state index is -0.313. The van der Waals surface area contributed by atoms with Crippen molar-refractivity contribution >= 4 is 38.9 Å². The van der Waals surface area contributed by atoms with E-state index in [0.717, 1.165) is 5.56 Å². The summed E-state index contributed by atoms with van der Waals surface area (Å²) in [4.78, 5) is 12.9. The lowest BCUT2D eigenvalue weighted by atomic mass is 10.2. The van der Waals surface area contributed by atoms with Crippen molar-refractivity contribution in [2.75, 3.05) is 5.32 Å². The predicted molar refractivity (Wildman–Crippen MR) is 93.5 cm³/mol. The summed E-state index contributed by atoms with van der Waals surface area (Å²) in [7, 11) is 0. The van der Waals surface area contributed by atoms with E-state index in [4.69, 9.17) is 11.6 Å². The molecule has 0 aliphatic rings. The molecule has 0 saturated carbocycles. The number of carbonyl (C=O) groups excluding carboxylic acids is 1. The van der Waals surface area contributed by atoms with Crippen molar-refractivity contribution in [3.8, 4) is 11.4 Å². The first kappa shape index (κ1) is 14.8. The van der Waals surface area contributed by atoms with Gasteiger partial charge in [-0.25, -0.2) is 0 Å². The fraction of sp³-hybridized carbons (Fsp3) is 0. The van der Waals surface area contributed by atoms with E-state index >= 15 is 0 Å². The van der Waals surface area contributed by atoms with Crippen molar-refractivity contribution in [3.05, 3.63) is 65.2 Å². The second-order valence-electron chi connectivity index (χ2n) is 4.93. The monoisotopic (exact) mass is 355 g/mol. The summed E-state index contributed by atoms with van der Waals surface area (Å²) in [6.07, 6.45) is 0. The molecular weight excluding hydrogens is 346 g/mol. The molecule has 4 rings (SSSR count). The summed E-state index contributed by atoms with van der Waals surface area (Å²) >= 11 is 7.29. The highest BCUT2D eigenvalue weighted by Gasteiger charge is 2.16. The lowest BCUT2D eigenvalue weighted by Gasteiger charge is -2.02. The Morgan fingerprint density at radius 2 is 1.79 bits per heavy atom. The van der Waals surface area contributed by atoms with Gasteiger partial charge in [-0.2, -0.15) is 4.52 Å². The summed E-state index contributed by atoms with van der Waals surface area (Å²) in [6.45, 7) is 0. The first-order valence-corrected chi connectivity index (χ1v) is 8.25. The average Bonchev–Trinajstić information content (AvgIpc) is 3.16. The molecule has 2 aromatic carbocycles. The fourth-order valence-electron chi connectivity index (χ4n) is 2.24. The Morgan fingerprint density at radius 3 is 2.58 bits per heavy atom. The zero-order chi connectivity index (χ0) is 16.5. The second kappa shape index (κ2) is 6.03. The van der Waals surface area contributed by atoms with Crippen LogP contribution in [0.4, 0.5) is 5.13 Å². The fourth-order valence-corrected chi connectivity index (χ4v) is 3.20. The number of halogens is 1. The van der Waals surface area contributed by atoms with Crippen LogP contribution in [0.1, 0.15) is 10.4 Å². The third-order valence-electron chi connectivity index (χ3n) is 3.36. The molecule has 1 amide bonds. The van der Waals surface area contributed by atoms with Crippen LogP contribution in [0.15, 0.2) is 54.6 Å². The van der Waals surface area contributed by atoms with Gasteiger partial charge in [-0.15, -0.1) is 15.3 Å². The Bertz CT molecular complexity index is 1030. The van der Waals surface area contributed by atoms with Crippen LogP contribution in [0.25, 0.3) is 16.3 Å². The Hall–Kier alpha value is -2.77. The smallest absolute Gasteiger partial charge is 0.259 e. The Kier molecular flexibility index (Phi) is 3.72. The average molecular weight is 356 g/mol. The van der Waals surface area contributed by atoms with Crippen molar-refractivity contribution in [1.82, 2.24) is 19.8 Å². The molecule has 0 atom stereocenters. The third-order valence-corrected chi connectivity index (χ3v) is 4.51. The lowest BCUT2D eigenvalue weighted by Crippen LogP contribution is -2.12. The van der Waals surface area contributed by atoms with Crippen LogP contribution in [0.3, 0.4) is 0 Å². The zero-order valence-corrected chi connectivity index (χ0v) is 13.8. The van der Waals surface area contributed by atoms with E-state index < -0.39 is 0 Å². The third kappa shape index (κ3) is 2.64. The van der Waals surface area contributed by atoms with Crippen LogP contribution >= 0.6 is 22.9 Å². The topological polar surface area (TPSA) is 72.2 Å². The van der Waals surface area contributed by atoms with Gasteiger partial charge in [0.25, 0.3) is 5.91 Å². The first-order chi connectivity index (χ1) is 11.7. The molecule has 0 radical (unpaired) electrons. The molecule has 0 unspecified atom stereocenters. The molecule has 6 nitrogen and oxygen atoms in total. The number of nitrogens with one attached hydrogen (secondary N) is 1. The number of hydrogen-bond acceptors (Lipinski definition) is 5. The maximum Gasteiger partial charge on any atom is 0.259 e. The molecule has 4 aromatic rings. The van der Waals surface area contributed by atoms with Crippen LogP contribution < -0.4 is 5.32 Å². The molecule has 1 N–H and O–H groups in total. The SMILES string of the molecule is O=C(Nc1nn2c(-c3ccccc3)nnc2s1)c1ccccc1Cl. The normalized spacial score (nSPS) is 10.9. The number of anilines is 1. The van der Waals surface area contributed by atoms with Gasteiger partial charge in [-0.3, -0.25) is 10.1 Å². The molecule has 2 heterocycles. The molecule has 0 aliphatic carbocycles. The number of benzene rings is 2. The van der Waals surface area contributed by atoms with Gasteiger partial charge in [0.05, 0.1) is 10.6 Å². The van der Waals surface area contributed by atoms with E-state index in [0.29, 0.717) is 26.5 Å². The van der Waals surface area contributed by atoms with Crippen molar-refractivity contribution in [3.63, 3.8) is 0 Å². The van der Waals surface area contributed by atoms with E-state index in [2.05, 4.69) is 20.6 Å². The molecule has 0 fully saturated rings. The van der Waals surface area contributed by atoms with Gasteiger partial charge in [0.15, 0.2) is 5.82 Å². The van der Waals surface area contributed by atoms with E-state index in [1.165, 1.54) is 11.3 Å². The highest BCUT2D eigenvalue weighted by Crippen LogP contribution is 2.25. The van der Waals surface area contributed by atoms with Gasteiger partial charge in [0, 0.05) is 5.56 Å². The van der Waals surface area contributed by atoms with Gasteiger partial charge < -0.3 is 0 Å². The number of nitrogens with zero attached hydrogens (tertiary/aromatic N) is 4. The molecule has 0 aliphatic heterocycles. The molecule has 8 heteroatoms. The van der Waals surface area contributed by atoms with Gasteiger partial charge in [0.1, 0.15) is 0 Å². The van der Waals surface area contributed by atoms with Gasteiger partial charge >= 0.3 is 0 Å². The molecule has 24 heavy (non-hydrogen) atoms. The summed E-state index contributed by atoms with van der Waals surface area (Å²) in [5.74, 6) is 0.312. The van der Waals surface area contributed by atoms with E-state index in [1.54, 1.807) is 28.8 Å². The number of carbonyl (C=O) groups is 1. The molecule has 0 spiro atoms. The zero-order valence-electron chi connectivity index (χ0n) is 12.2. The number of fused-ring (bicyclic) bond motifs is 1. The Labute approximate surface area is 145 Å². The highest BCUT2D eigenvalue weighted by atomic mass is 35.5. The minimum absolute atomic E-state index is 0.313. The molecule has 0 bridgehead atoms. The lowest BCUT2D eigenvalue weighted by molar-refractivity contribution is 0.102. The Morgan fingerprint density at radius 1 is 1.04 bits per heavy atom. The maximum absolute atomic E-state index is 12.3. The maximum atomic E-state index is 12.3. The summed E-state index contributed by atoms with van der Waals surface area (Å²) in [5, 5.41) is 16.2. The van der Waals surface area contributed by atoms with Crippen molar-refractivity contribution in [2.45, 2.75) is 0 Å². The van der Waals surface area contributed by atoms with Crippen LogP contribution in [0.5, 0.6) is 0 Å². The molecule has 2 aromatic heterocycles. The van der Waals surface area contributed by atoms with Crippen molar-refractivity contribution in [2.24, 2.45) is 0 Å². The first-order valence-electron chi connectivity index (χ1n) is 7.06. The largest absolute Gasteiger partial charge is 0.296 e. The van der Waals surface area contributed by atoms with Gasteiger partial charge in [-0.1, -0.05) is 65.4 Å². The van der Waals surface area contributed by atoms with Gasteiger partial charge in [-0.05, 0) is 12.1 Å². The Balaban J connectivity index is 1.66. The van der Waals surface area contributed by atoms with Crippen molar-refractivity contribution < 1.29 is 4.79 Å². The van der Waals surface area contributed by atoms with E-state index in [-0.39, 0.29) is 5.91 Å². The van der Waals surface area contributed by atoms with Crippen molar-refractivity contribution in [1.29, 1.82) is 0 Å². The quantitative estimate of drug-likeness (QED) is 0.607. The van der Waals surface area contributed by atoms with Crippen LogP contribution in [0, 0.1) is 0 Å². The number of amides is 1. The van der Waals surface area contributed by atoms with Gasteiger partial charge in [0.2, 0.25) is 10.1 Å². The molecule has 118 valence electrons. The van der Waals surface area contributed by atoms with Crippen LogP contribution in [0.2, 0.25) is 5.02 Å². The summed E-state index contributed by atoms with van der Waals surface area (Å²) < 4.78 is 1.61. The predicted octanol–water partition coefficient (Wildman–Crippen LogP) is 3.76. The highest BCUT2D eigenvalue weighted by molar-refractivity contribution is 7.20.